The molecule has 0 aliphatic heterocycles. The largest absolute Gasteiger partial charge is 0.481 e. The van der Waals surface area contributed by atoms with Gasteiger partial charge in [0, 0.05) is 6.04 Å². The first-order valence-electron chi connectivity index (χ1n) is 6.34. The minimum absolute atomic E-state index is 0.0505. The van der Waals surface area contributed by atoms with Gasteiger partial charge in [0.25, 0.3) is 0 Å². The number of carbonyl (C=O) groups is 2. The summed E-state index contributed by atoms with van der Waals surface area (Å²) in [7, 11) is 0. The second-order valence-electron chi connectivity index (χ2n) is 4.75. The lowest BCUT2D eigenvalue weighted by atomic mass is 10.1. The standard InChI is InChI=1S/C14H17NO4/c16-13(17)8-12(11-6-7-11)15-14(18)19-9-10-4-2-1-3-5-10/h1-5,11-12H,6-9H2,(H,15,18)(H,16,17). The normalized spacial score (nSPS) is 15.6. The number of hydrogen-bond acceptors (Lipinski definition) is 3. The number of amides is 1. The first-order chi connectivity index (χ1) is 9.15. The molecule has 1 aliphatic rings. The minimum atomic E-state index is -0.903. The van der Waals surface area contributed by atoms with Crippen LogP contribution in [0.3, 0.4) is 0 Å². The van der Waals surface area contributed by atoms with Crippen LogP contribution in [0.15, 0.2) is 30.3 Å². The molecule has 1 atom stereocenters. The van der Waals surface area contributed by atoms with Gasteiger partial charge in [0.15, 0.2) is 0 Å². The molecule has 1 saturated carbocycles. The molecule has 2 N–H and O–H groups in total. The fourth-order valence-electron chi connectivity index (χ4n) is 1.94. The Hall–Kier alpha value is -2.04. The molecule has 0 spiro atoms. The van der Waals surface area contributed by atoms with E-state index in [0.717, 1.165) is 18.4 Å². The predicted molar refractivity (Wildman–Crippen MR) is 68.5 cm³/mol. The summed E-state index contributed by atoms with van der Waals surface area (Å²) in [6, 6.07) is 9.04. The van der Waals surface area contributed by atoms with E-state index in [0.29, 0.717) is 0 Å². The summed E-state index contributed by atoms with van der Waals surface area (Å²) in [4.78, 5) is 22.3. The number of hydrogen-bond donors (Lipinski definition) is 2. The third-order valence-corrected chi connectivity index (χ3v) is 3.10. The molecule has 0 heterocycles. The van der Waals surface area contributed by atoms with Gasteiger partial charge in [0.2, 0.25) is 0 Å². The topological polar surface area (TPSA) is 75.6 Å². The Morgan fingerprint density at radius 3 is 2.58 bits per heavy atom. The molecular weight excluding hydrogens is 246 g/mol. The van der Waals surface area contributed by atoms with Crippen LogP contribution in [-0.2, 0) is 16.1 Å². The van der Waals surface area contributed by atoms with Crippen molar-refractivity contribution in [3.63, 3.8) is 0 Å². The van der Waals surface area contributed by atoms with Crippen molar-refractivity contribution >= 4 is 12.1 Å². The molecule has 1 amide bonds. The van der Waals surface area contributed by atoms with Crippen molar-refractivity contribution in [1.29, 1.82) is 0 Å². The van der Waals surface area contributed by atoms with Gasteiger partial charge in [0.1, 0.15) is 6.61 Å². The molecular formula is C14H17NO4. The van der Waals surface area contributed by atoms with E-state index in [1.54, 1.807) is 0 Å². The number of rotatable bonds is 6. The van der Waals surface area contributed by atoms with Gasteiger partial charge in [-0.05, 0) is 24.3 Å². The van der Waals surface area contributed by atoms with Crippen molar-refractivity contribution in [2.24, 2.45) is 5.92 Å². The molecule has 0 saturated heterocycles. The van der Waals surface area contributed by atoms with Gasteiger partial charge in [0.05, 0.1) is 6.42 Å². The molecule has 2 rings (SSSR count). The van der Waals surface area contributed by atoms with Gasteiger partial charge < -0.3 is 15.2 Å². The Labute approximate surface area is 111 Å². The summed E-state index contributed by atoms with van der Waals surface area (Å²) in [5.74, 6) is -0.624. The Kier molecular flexibility index (Phi) is 4.39. The van der Waals surface area contributed by atoms with Crippen molar-refractivity contribution in [3.05, 3.63) is 35.9 Å². The minimum Gasteiger partial charge on any atom is -0.481 e. The highest BCUT2D eigenvalue weighted by molar-refractivity contribution is 5.71. The number of carbonyl (C=O) groups excluding carboxylic acids is 1. The van der Waals surface area contributed by atoms with Crippen molar-refractivity contribution in [3.8, 4) is 0 Å². The van der Waals surface area contributed by atoms with E-state index in [-0.39, 0.29) is 25.0 Å². The summed E-state index contributed by atoms with van der Waals surface area (Å²) in [5, 5.41) is 11.4. The summed E-state index contributed by atoms with van der Waals surface area (Å²) in [6.07, 6.45) is 1.33. The van der Waals surface area contributed by atoms with E-state index in [2.05, 4.69) is 5.32 Å². The molecule has 0 aromatic heterocycles. The van der Waals surface area contributed by atoms with E-state index < -0.39 is 12.1 Å². The summed E-state index contributed by atoms with van der Waals surface area (Å²) >= 11 is 0. The van der Waals surface area contributed by atoms with Gasteiger partial charge in [-0.2, -0.15) is 0 Å². The predicted octanol–water partition coefficient (Wildman–Crippen LogP) is 2.17. The summed E-state index contributed by atoms with van der Waals surface area (Å²) in [5.41, 5.74) is 0.902. The lowest BCUT2D eigenvalue weighted by molar-refractivity contribution is -0.137. The van der Waals surface area contributed by atoms with Crippen LogP contribution < -0.4 is 5.32 Å². The van der Waals surface area contributed by atoms with Crippen LogP contribution in [-0.4, -0.2) is 23.2 Å². The fraction of sp³-hybridized carbons (Fsp3) is 0.429. The number of carboxylic acids is 1. The third kappa shape index (κ3) is 4.62. The van der Waals surface area contributed by atoms with Crippen molar-refractivity contribution in [1.82, 2.24) is 5.32 Å². The van der Waals surface area contributed by atoms with Crippen LogP contribution in [0.5, 0.6) is 0 Å². The molecule has 19 heavy (non-hydrogen) atoms. The highest BCUT2D eigenvalue weighted by atomic mass is 16.5. The zero-order valence-electron chi connectivity index (χ0n) is 10.5. The third-order valence-electron chi connectivity index (χ3n) is 3.10. The molecule has 1 fully saturated rings. The van der Waals surface area contributed by atoms with Crippen LogP contribution in [0.2, 0.25) is 0 Å². The maximum absolute atomic E-state index is 11.6. The molecule has 0 bridgehead atoms. The maximum Gasteiger partial charge on any atom is 0.407 e. The number of aliphatic carboxylic acids is 1. The van der Waals surface area contributed by atoms with Gasteiger partial charge >= 0.3 is 12.1 Å². The second-order valence-corrected chi connectivity index (χ2v) is 4.75. The van der Waals surface area contributed by atoms with Crippen LogP contribution in [0.1, 0.15) is 24.8 Å². The first kappa shape index (κ1) is 13.4. The van der Waals surface area contributed by atoms with E-state index in [1.807, 2.05) is 30.3 Å². The summed E-state index contributed by atoms with van der Waals surface area (Å²) in [6.45, 7) is 0.192. The molecule has 5 heteroatoms. The smallest absolute Gasteiger partial charge is 0.407 e. The van der Waals surface area contributed by atoms with Gasteiger partial charge in [-0.1, -0.05) is 30.3 Å². The van der Waals surface area contributed by atoms with Crippen molar-refractivity contribution < 1.29 is 19.4 Å². The van der Waals surface area contributed by atoms with Gasteiger partial charge in [-0.3, -0.25) is 4.79 Å². The Morgan fingerprint density at radius 1 is 1.32 bits per heavy atom. The average Bonchev–Trinajstić information content (AvgIpc) is 3.20. The van der Waals surface area contributed by atoms with Crippen molar-refractivity contribution in [2.45, 2.75) is 31.9 Å². The summed E-state index contributed by atoms with van der Waals surface area (Å²) < 4.78 is 5.08. The lowest BCUT2D eigenvalue weighted by Crippen LogP contribution is -2.38. The highest BCUT2D eigenvalue weighted by Gasteiger charge is 2.34. The Morgan fingerprint density at radius 2 is 2.00 bits per heavy atom. The monoisotopic (exact) mass is 263 g/mol. The zero-order chi connectivity index (χ0) is 13.7. The van der Waals surface area contributed by atoms with E-state index in [1.165, 1.54) is 0 Å². The number of alkyl carbamates (subject to hydrolysis) is 1. The molecule has 1 aromatic rings. The Balaban J connectivity index is 1.77. The molecule has 1 aromatic carbocycles. The SMILES string of the molecule is O=C(O)CC(NC(=O)OCc1ccccc1)C1CC1. The first-order valence-corrected chi connectivity index (χ1v) is 6.34. The van der Waals surface area contributed by atoms with Gasteiger partial charge in [-0.15, -0.1) is 0 Å². The lowest BCUT2D eigenvalue weighted by Gasteiger charge is -2.16. The van der Waals surface area contributed by atoms with Crippen LogP contribution >= 0.6 is 0 Å². The quantitative estimate of drug-likeness (QED) is 0.824. The second kappa shape index (κ2) is 6.22. The average molecular weight is 263 g/mol. The van der Waals surface area contributed by atoms with E-state index in [4.69, 9.17) is 9.84 Å². The van der Waals surface area contributed by atoms with Crippen LogP contribution in [0, 0.1) is 5.92 Å². The number of benzene rings is 1. The van der Waals surface area contributed by atoms with Crippen LogP contribution in [0.4, 0.5) is 4.79 Å². The highest BCUT2D eigenvalue weighted by Crippen LogP contribution is 2.34. The van der Waals surface area contributed by atoms with Crippen molar-refractivity contribution in [2.75, 3.05) is 0 Å². The molecule has 0 radical (unpaired) electrons. The van der Waals surface area contributed by atoms with E-state index >= 15 is 0 Å². The van der Waals surface area contributed by atoms with Crippen LogP contribution in [0.25, 0.3) is 0 Å². The molecule has 5 nitrogen and oxygen atoms in total. The molecule has 102 valence electrons. The number of nitrogens with one attached hydrogen (secondary N) is 1. The molecule has 1 unspecified atom stereocenters. The maximum atomic E-state index is 11.6. The fourth-order valence-corrected chi connectivity index (χ4v) is 1.94. The zero-order valence-corrected chi connectivity index (χ0v) is 10.5. The number of carboxylic acid groups (broad SMARTS) is 1. The molecule has 1 aliphatic carbocycles. The van der Waals surface area contributed by atoms with Gasteiger partial charge in [-0.25, -0.2) is 4.79 Å². The van der Waals surface area contributed by atoms with E-state index in [9.17, 15) is 9.59 Å². The number of ether oxygens (including phenoxy) is 1. The Bertz CT molecular complexity index is 442.